The number of para-hydroxylation sites is 1. The molecule has 1 aromatic heterocycles. The van der Waals surface area contributed by atoms with Gasteiger partial charge in [0.15, 0.2) is 12.3 Å². The molecule has 0 bridgehead atoms. The summed E-state index contributed by atoms with van der Waals surface area (Å²) in [5.74, 6) is 0.275. The van der Waals surface area contributed by atoms with Crippen molar-refractivity contribution in [1.29, 1.82) is 0 Å². The zero-order valence-corrected chi connectivity index (χ0v) is 17.8. The highest BCUT2D eigenvalue weighted by Crippen LogP contribution is 2.33. The fraction of sp³-hybridized carbons (Fsp3) is 0.238. The fourth-order valence-corrected chi connectivity index (χ4v) is 3.00. The van der Waals surface area contributed by atoms with Crippen molar-refractivity contribution < 1.29 is 32.2 Å². The van der Waals surface area contributed by atoms with Gasteiger partial charge in [-0.1, -0.05) is 23.7 Å². The van der Waals surface area contributed by atoms with Crippen LogP contribution in [0.1, 0.15) is 11.3 Å². The number of benzene rings is 2. The maximum absolute atomic E-state index is 13.2. The summed E-state index contributed by atoms with van der Waals surface area (Å²) in [6.07, 6.45) is -4.70. The molecule has 0 unspecified atom stereocenters. The molecule has 3 aromatic rings. The standard InChI is InChI=1S/C21H19ClF3N3O4/c1-30-14-8-7-13(17(9-14)31-2)11-26-19(29)12-32-20-10-18(21(23,24)25)27-28(20)16-6-4-3-5-15(16)22/h3-10H,11-12H2,1-2H3,(H,26,29). The Morgan fingerprint density at radius 2 is 1.88 bits per heavy atom. The van der Waals surface area contributed by atoms with Gasteiger partial charge in [-0.2, -0.15) is 23.0 Å². The van der Waals surface area contributed by atoms with Crippen molar-refractivity contribution in [3.63, 3.8) is 0 Å². The van der Waals surface area contributed by atoms with Gasteiger partial charge < -0.3 is 19.5 Å². The van der Waals surface area contributed by atoms with Crippen LogP contribution in [-0.4, -0.2) is 36.5 Å². The predicted molar refractivity (Wildman–Crippen MR) is 110 cm³/mol. The lowest BCUT2D eigenvalue weighted by atomic mass is 10.2. The minimum atomic E-state index is -4.70. The van der Waals surface area contributed by atoms with E-state index in [1.54, 1.807) is 30.3 Å². The lowest BCUT2D eigenvalue weighted by Gasteiger charge is -2.12. The zero-order chi connectivity index (χ0) is 23.3. The summed E-state index contributed by atoms with van der Waals surface area (Å²) in [6, 6.07) is 12.0. The first-order valence-electron chi connectivity index (χ1n) is 9.25. The van der Waals surface area contributed by atoms with E-state index in [1.165, 1.54) is 26.4 Å². The van der Waals surface area contributed by atoms with Crippen molar-refractivity contribution in [3.05, 3.63) is 64.8 Å². The van der Waals surface area contributed by atoms with E-state index in [0.717, 1.165) is 4.68 Å². The molecule has 0 saturated carbocycles. The number of nitrogens with one attached hydrogen (secondary N) is 1. The third-order valence-corrected chi connectivity index (χ3v) is 4.69. The highest BCUT2D eigenvalue weighted by atomic mass is 35.5. The minimum absolute atomic E-state index is 0.118. The van der Waals surface area contributed by atoms with E-state index in [0.29, 0.717) is 23.1 Å². The van der Waals surface area contributed by atoms with E-state index in [-0.39, 0.29) is 23.1 Å². The molecule has 11 heteroatoms. The summed E-state index contributed by atoms with van der Waals surface area (Å²) in [5.41, 5.74) is -0.305. The Kier molecular flexibility index (Phi) is 7.14. The van der Waals surface area contributed by atoms with Crippen molar-refractivity contribution in [2.45, 2.75) is 12.7 Å². The van der Waals surface area contributed by atoms with Gasteiger partial charge >= 0.3 is 6.18 Å². The molecule has 0 radical (unpaired) electrons. The Morgan fingerprint density at radius 3 is 2.53 bits per heavy atom. The van der Waals surface area contributed by atoms with Crippen LogP contribution < -0.4 is 19.5 Å². The molecule has 0 atom stereocenters. The minimum Gasteiger partial charge on any atom is -0.497 e. The van der Waals surface area contributed by atoms with Crippen LogP contribution in [0, 0.1) is 0 Å². The number of carbonyl (C=O) groups is 1. The number of amides is 1. The monoisotopic (exact) mass is 469 g/mol. The van der Waals surface area contributed by atoms with Crippen LogP contribution in [0.2, 0.25) is 5.02 Å². The maximum Gasteiger partial charge on any atom is 0.435 e. The zero-order valence-electron chi connectivity index (χ0n) is 17.1. The normalized spacial score (nSPS) is 11.2. The lowest BCUT2D eigenvalue weighted by molar-refractivity contribution is -0.141. The van der Waals surface area contributed by atoms with Gasteiger partial charge in [0.25, 0.3) is 5.91 Å². The van der Waals surface area contributed by atoms with Crippen molar-refractivity contribution in [2.24, 2.45) is 0 Å². The van der Waals surface area contributed by atoms with E-state index in [1.807, 2.05) is 0 Å². The number of rotatable bonds is 8. The molecule has 2 aromatic carbocycles. The second kappa shape index (κ2) is 9.82. The smallest absolute Gasteiger partial charge is 0.435 e. The van der Waals surface area contributed by atoms with Gasteiger partial charge in [0.1, 0.15) is 11.5 Å². The first-order valence-corrected chi connectivity index (χ1v) is 9.63. The molecule has 0 spiro atoms. The van der Waals surface area contributed by atoms with E-state index in [2.05, 4.69) is 10.4 Å². The highest BCUT2D eigenvalue weighted by Gasteiger charge is 2.36. The molecule has 170 valence electrons. The van der Waals surface area contributed by atoms with Gasteiger partial charge in [-0.05, 0) is 24.3 Å². The van der Waals surface area contributed by atoms with E-state index >= 15 is 0 Å². The Labute approximate surface area is 186 Å². The van der Waals surface area contributed by atoms with Gasteiger partial charge in [0.2, 0.25) is 5.88 Å². The number of alkyl halides is 3. The number of nitrogens with zero attached hydrogens (tertiary/aromatic N) is 2. The van der Waals surface area contributed by atoms with Gasteiger partial charge in [-0.3, -0.25) is 4.79 Å². The van der Waals surface area contributed by atoms with Gasteiger partial charge in [-0.15, -0.1) is 0 Å². The second-order valence-corrected chi connectivity index (χ2v) is 6.88. The highest BCUT2D eigenvalue weighted by molar-refractivity contribution is 6.32. The number of halogens is 4. The molecule has 1 heterocycles. The van der Waals surface area contributed by atoms with E-state index < -0.39 is 24.4 Å². The van der Waals surface area contributed by atoms with Gasteiger partial charge in [0, 0.05) is 24.2 Å². The molecule has 0 aliphatic rings. The number of hydrogen-bond donors (Lipinski definition) is 1. The van der Waals surface area contributed by atoms with Crippen molar-refractivity contribution in [3.8, 4) is 23.1 Å². The summed E-state index contributed by atoms with van der Waals surface area (Å²) >= 11 is 6.09. The molecule has 3 rings (SSSR count). The summed E-state index contributed by atoms with van der Waals surface area (Å²) < 4.78 is 56.1. The van der Waals surface area contributed by atoms with Gasteiger partial charge in [0.05, 0.1) is 24.9 Å². The molecule has 0 aliphatic carbocycles. The summed E-state index contributed by atoms with van der Waals surface area (Å²) in [4.78, 5) is 12.3. The lowest BCUT2D eigenvalue weighted by Crippen LogP contribution is -2.29. The molecule has 0 saturated heterocycles. The van der Waals surface area contributed by atoms with Crippen LogP contribution in [0.3, 0.4) is 0 Å². The number of aromatic nitrogens is 2. The molecule has 1 amide bonds. The number of ether oxygens (including phenoxy) is 3. The Hall–Kier alpha value is -3.40. The first-order chi connectivity index (χ1) is 15.2. The van der Waals surface area contributed by atoms with E-state index in [9.17, 15) is 18.0 Å². The summed E-state index contributed by atoms with van der Waals surface area (Å²) in [7, 11) is 3.00. The fourth-order valence-electron chi connectivity index (χ4n) is 2.78. The van der Waals surface area contributed by atoms with Crippen LogP contribution in [0.5, 0.6) is 17.4 Å². The molecule has 1 N–H and O–H groups in total. The van der Waals surface area contributed by atoms with Crippen molar-refractivity contribution in [1.82, 2.24) is 15.1 Å². The summed E-state index contributed by atoms with van der Waals surface area (Å²) in [5, 5.41) is 6.34. The average molecular weight is 470 g/mol. The second-order valence-electron chi connectivity index (χ2n) is 6.47. The molecule has 7 nitrogen and oxygen atoms in total. The van der Waals surface area contributed by atoms with Crippen molar-refractivity contribution >= 4 is 17.5 Å². The Bertz CT molecular complexity index is 1100. The maximum atomic E-state index is 13.2. The quantitative estimate of drug-likeness (QED) is 0.533. The third kappa shape index (κ3) is 5.44. The molecule has 0 aliphatic heterocycles. The molecule has 0 fully saturated rings. The van der Waals surface area contributed by atoms with Gasteiger partial charge in [-0.25, -0.2) is 0 Å². The third-order valence-electron chi connectivity index (χ3n) is 4.37. The topological polar surface area (TPSA) is 74.6 Å². The van der Waals surface area contributed by atoms with Crippen molar-refractivity contribution in [2.75, 3.05) is 20.8 Å². The van der Waals surface area contributed by atoms with Crippen LogP contribution in [0.25, 0.3) is 5.69 Å². The Morgan fingerprint density at radius 1 is 1.12 bits per heavy atom. The SMILES string of the molecule is COc1ccc(CNC(=O)COc2cc(C(F)(F)F)nn2-c2ccccc2Cl)c(OC)c1. The van der Waals surface area contributed by atoms with E-state index in [4.69, 9.17) is 25.8 Å². The first kappa shape index (κ1) is 23.3. The van der Waals surface area contributed by atoms with Crippen LogP contribution in [0.15, 0.2) is 48.5 Å². The summed E-state index contributed by atoms with van der Waals surface area (Å²) in [6.45, 7) is -0.418. The average Bonchev–Trinajstić information content (AvgIpc) is 3.21. The molecular formula is C21H19ClF3N3O4. The molecular weight excluding hydrogens is 451 g/mol. The molecule has 32 heavy (non-hydrogen) atoms. The largest absolute Gasteiger partial charge is 0.497 e. The predicted octanol–water partition coefficient (Wildman–Crippen LogP) is 4.26. The number of carbonyl (C=O) groups excluding carboxylic acids is 1. The number of methoxy groups -OCH3 is 2. The Balaban J connectivity index is 1.72. The van der Waals surface area contributed by atoms with Crippen LogP contribution >= 0.6 is 11.6 Å². The van der Waals surface area contributed by atoms with Crippen LogP contribution in [0.4, 0.5) is 13.2 Å². The number of hydrogen-bond acceptors (Lipinski definition) is 5. The van der Waals surface area contributed by atoms with Crippen LogP contribution in [-0.2, 0) is 17.5 Å².